The SMILES string of the molecule is CCN(Cc1ccc2c(c1)OCO2)C(=O)c1cc(-c2ccccc2OC)on1. The Hall–Kier alpha value is -3.48. The van der Waals surface area contributed by atoms with Gasteiger partial charge in [0.2, 0.25) is 6.79 Å². The maximum absolute atomic E-state index is 12.9. The molecule has 0 unspecified atom stereocenters. The molecule has 0 N–H and O–H groups in total. The molecule has 2 aromatic carbocycles. The summed E-state index contributed by atoms with van der Waals surface area (Å²) in [5, 5.41) is 3.97. The van der Waals surface area contributed by atoms with Gasteiger partial charge in [0.05, 0.1) is 12.7 Å². The van der Waals surface area contributed by atoms with Crippen molar-refractivity contribution in [2.75, 3.05) is 20.4 Å². The quantitative estimate of drug-likeness (QED) is 0.649. The number of carbonyl (C=O) groups excluding carboxylic acids is 1. The molecule has 28 heavy (non-hydrogen) atoms. The van der Waals surface area contributed by atoms with E-state index < -0.39 is 0 Å². The Morgan fingerprint density at radius 1 is 1.14 bits per heavy atom. The molecule has 0 fully saturated rings. The minimum absolute atomic E-state index is 0.204. The van der Waals surface area contributed by atoms with E-state index in [2.05, 4.69) is 5.16 Å². The van der Waals surface area contributed by atoms with Crippen LogP contribution in [0.3, 0.4) is 0 Å². The van der Waals surface area contributed by atoms with Crippen LogP contribution >= 0.6 is 0 Å². The predicted octanol–water partition coefficient (Wildman–Crippen LogP) is 3.74. The highest BCUT2D eigenvalue weighted by molar-refractivity contribution is 5.93. The molecule has 0 spiro atoms. The third-order valence-electron chi connectivity index (χ3n) is 4.58. The van der Waals surface area contributed by atoms with E-state index in [1.165, 1.54) is 0 Å². The van der Waals surface area contributed by atoms with Crippen molar-refractivity contribution in [1.82, 2.24) is 10.1 Å². The van der Waals surface area contributed by atoms with Crippen LogP contribution in [-0.4, -0.2) is 36.4 Å². The van der Waals surface area contributed by atoms with E-state index >= 15 is 0 Å². The summed E-state index contributed by atoms with van der Waals surface area (Å²) in [6, 6.07) is 14.7. The van der Waals surface area contributed by atoms with Gasteiger partial charge in [-0.05, 0) is 36.8 Å². The predicted molar refractivity (Wildman–Crippen MR) is 101 cm³/mol. The molecule has 3 aromatic rings. The van der Waals surface area contributed by atoms with Gasteiger partial charge >= 0.3 is 0 Å². The zero-order valence-electron chi connectivity index (χ0n) is 15.7. The van der Waals surface area contributed by atoms with E-state index in [9.17, 15) is 4.79 Å². The molecule has 0 radical (unpaired) electrons. The molecule has 144 valence electrons. The van der Waals surface area contributed by atoms with Crippen molar-refractivity contribution in [3.63, 3.8) is 0 Å². The molecule has 1 aliphatic heterocycles. The number of carbonyl (C=O) groups is 1. The maximum atomic E-state index is 12.9. The van der Waals surface area contributed by atoms with Crippen molar-refractivity contribution in [1.29, 1.82) is 0 Å². The topological polar surface area (TPSA) is 74.0 Å². The van der Waals surface area contributed by atoms with E-state index in [0.29, 0.717) is 30.3 Å². The monoisotopic (exact) mass is 380 g/mol. The van der Waals surface area contributed by atoms with Crippen LogP contribution in [0.1, 0.15) is 23.0 Å². The lowest BCUT2D eigenvalue weighted by atomic mass is 10.1. The summed E-state index contributed by atoms with van der Waals surface area (Å²) in [4.78, 5) is 14.6. The highest BCUT2D eigenvalue weighted by Gasteiger charge is 2.22. The number of hydrogen-bond acceptors (Lipinski definition) is 6. The largest absolute Gasteiger partial charge is 0.496 e. The van der Waals surface area contributed by atoms with Crippen LogP contribution in [0.25, 0.3) is 11.3 Å². The molecule has 1 aliphatic rings. The molecule has 1 amide bonds. The molecule has 0 aliphatic carbocycles. The van der Waals surface area contributed by atoms with Crippen molar-refractivity contribution in [3.05, 3.63) is 59.8 Å². The smallest absolute Gasteiger partial charge is 0.276 e. The Balaban J connectivity index is 1.54. The molecule has 0 saturated carbocycles. The van der Waals surface area contributed by atoms with Gasteiger partial charge in [-0.1, -0.05) is 23.4 Å². The van der Waals surface area contributed by atoms with Crippen molar-refractivity contribution >= 4 is 5.91 Å². The number of benzene rings is 2. The number of fused-ring (bicyclic) bond motifs is 1. The summed E-state index contributed by atoms with van der Waals surface area (Å²) in [6.07, 6.45) is 0. The van der Waals surface area contributed by atoms with Gasteiger partial charge < -0.3 is 23.6 Å². The number of para-hydroxylation sites is 1. The highest BCUT2D eigenvalue weighted by atomic mass is 16.7. The second kappa shape index (κ2) is 7.64. The van der Waals surface area contributed by atoms with Crippen LogP contribution in [-0.2, 0) is 6.54 Å². The van der Waals surface area contributed by atoms with Crippen molar-refractivity contribution in [2.24, 2.45) is 0 Å². The lowest BCUT2D eigenvalue weighted by molar-refractivity contribution is 0.0742. The van der Waals surface area contributed by atoms with Gasteiger partial charge in [-0.2, -0.15) is 0 Å². The third kappa shape index (κ3) is 3.38. The summed E-state index contributed by atoms with van der Waals surface area (Å²) in [6.45, 7) is 3.11. The van der Waals surface area contributed by atoms with Gasteiger partial charge in [0.1, 0.15) is 5.75 Å². The molecule has 2 heterocycles. The average molecular weight is 380 g/mol. The Morgan fingerprint density at radius 3 is 2.79 bits per heavy atom. The highest BCUT2D eigenvalue weighted by Crippen LogP contribution is 2.33. The minimum Gasteiger partial charge on any atom is -0.496 e. The van der Waals surface area contributed by atoms with Crippen LogP contribution in [0.15, 0.2) is 53.1 Å². The second-order valence-electron chi connectivity index (χ2n) is 6.28. The fourth-order valence-electron chi connectivity index (χ4n) is 3.10. The summed E-state index contributed by atoms with van der Waals surface area (Å²) < 4.78 is 21.5. The lowest BCUT2D eigenvalue weighted by Crippen LogP contribution is -2.30. The van der Waals surface area contributed by atoms with Gasteiger partial charge in [0.25, 0.3) is 5.91 Å². The van der Waals surface area contributed by atoms with Gasteiger partial charge in [-0.25, -0.2) is 0 Å². The molecular formula is C21H20N2O5. The van der Waals surface area contributed by atoms with Gasteiger partial charge in [0, 0.05) is 19.2 Å². The Bertz CT molecular complexity index is 998. The lowest BCUT2D eigenvalue weighted by Gasteiger charge is -2.19. The van der Waals surface area contributed by atoms with E-state index in [0.717, 1.165) is 16.9 Å². The molecular weight excluding hydrogens is 360 g/mol. The first-order valence-corrected chi connectivity index (χ1v) is 8.97. The first kappa shape index (κ1) is 17.9. The number of rotatable bonds is 6. The van der Waals surface area contributed by atoms with Crippen LogP contribution < -0.4 is 14.2 Å². The number of methoxy groups -OCH3 is 1. The number of amides is 1. The van der Waals surface area contributed by atoms with E-state index in [1.807, 2.05) is 49.4 Å². The van der Waals surface area contributed by atoms with Gasteiger partial charge in [-0.15, -0.1) is 0 Å². The summed E-state index contributed by atoms with van der Waals surface area (Å²) in [5.74, 6) is 2.35. The van der Waals surface area contributed by atoms with Crippen LogP contribution in [0.4, 0.5) is 0 Å². The number of nitrogens with zero attached hydrogens (tertiary/aromatic N) is 2. The number of ether oxygens (including phenoxy) is 3. The zero-order chi connectivity index (χ0) is 19.5. The number of aromatic nitrogens is 1. The molecule has 4 rings (SSSR count). The Labute approximate surface area is 162 Å². The fourth-order valence-corrected chi connectivity index (χ4v) is 3.10. The molecule has 1 aromatic heterocycles. The first-order chi connectivity index (χ1) is 13.7. The van der Waals surface area contributed by atoms with E-state index in [1.54, 1.807) is 18.1 Å². The number of hydrogen-bond donors (Lipinski definition) is 0. The molecule has 7 heteroatoms. The second-order valence-corrected chi connectivity index (χ2v) is 6.28. The van der Waals surface area contributed by atoms with Crippen LogP contribution in [0.2, 0.25) is 0 Å². The third-order valence-corrected chi connectivity index (χ3v) is 4.58. The molecule has 0 bridgehead atoms. The van der Waals surface area contributed by atoms with Crippen molar-refractivity contribution in [3.8, 4) is 28.6 Å². The Morgan fingerprint density at radius 2 is 1.96 bits per heavy atom. The molecule has 0 saturated heterocycles. The van der Waals surface area contributed by atoms with Crippen molar-refractivity contribution < 1.29 is 23.5 Å². The Kier molecular flexibility index (Phi) is 4.89. The minimum atomic E-state index is -0.204. The molecule has 7 nitrogen and oxygen atoms in total. The van der Waals surface area contributed by atoms with Gasteiger partial charge in [-0.3, -0.25) is 4.79 Å². The summed E-state index contributed by atoms with van der Waals surface area (Å²) in [7, 11) is 1.59. The summed E-state index contributed by atoms with van der Waals surface area (Å²) >= 11 is 0. The van der Waals surface area contributed by atoms with E-state index in [4.69, 9.17) is 18.7 Å². The fraction of sp³-hybridized carbons (Fsp3) is 0.238. The van der Waals surface area contributed by atoms with E-state index in [-0.39, 0.29) is 18.4 Å². The van der Waals surface area contributed by atoms with Crippen LogP contribution in [0, 0.1) is 0 Å². The van der Waals surface area contributed by atoms with Crippen molar-refractivity contribution in [2.45, 2.75) is 13.5 Å². The average Bonchev–Trinajstić information content (AvgIpc) is 3.40. The zero-order valence-corrected chi connectivity index (χ0v) is 15.7. The standard InChI is InChI=1S/C21H20N2O5/c1-3-23(12-14-8-9-18-20(10-14)27-13-26-18)21(24)16-11-19(28-22-16)15-6-4-5-7-17(15)25-2/h4-11H,3,12-13H2,1-2H3. The van der Waals surface area contributed by atoms with Gasteiger partial charge in [0.15, 0.2) is 23.0 Å². The summed E-state index contributed by atoms with van der Waals surface area (Å²) in [5.41, 5.74) is 1.95. The normalized spacial score (nSPS) is 12.1. The first-order valence-electron chi connectivity index (χ1n) is 8.97. The maximum Gasteiger partial charge on any atom is 0.276 e. The molecule has 0 atom stereocenters. The van der Waals surface area contributed by atoms with Crippen LogP contribution in [0.5, 0.6) is 17.2 Å².